The topological polar surface area (TPSA) is 36.1 Å². The standard InChI is InChI=1S/C54H34N2O.C12H7BrO/c1-2-10-35(11-3-1)36-18-25-41(26-19-36)55-49-15-7-4-12-43(49)46-32-39(22-29-51(46)55)40-23-30-52-47(33-40)44-13-5-8-16-50(44)56(52)42-27-20-37(21-28-42)38-24-31-54-48(34-38)45-14-6-9-17-53(45)57-54;13-8-5-6-12-10(7-8)9-3-1-2-4-11(9)14-12/h1-34H;1-7H. The number of rotatable bonds is 5. The predicted octanol–water partition coefficient (Wildman–Crippen LogP) is 19.1. The third kappa shape index (κ3) is 6.96. The Balaban J connectivity index is 0.000000288. The second-order valence-corrected chi connectivity index (χ2v) is 19.1. The van der Waals surface area contributed by atoms with Gasteiger partial charge in [0.15, 0.2) is 0 Å². The molecule has 0 aliphatic heterocycles. The van der Waals surface area contributed by atoms with Crippen LogP contribution >= 0.6 is 15.9 Å². The van der Waals surface area contributed by atoms with Crippen molar-refractivity contribution in [2.24, 2.45) is 0 Å². The number of hydrogen-bond acceptors (Lipinski definition) is 2. The Labute approximate surface area is 417 Å². The average Bonchev–Trinajstić information content (AvgIpc) is 4.18. The maximum Gasteiger partial charge on any atom is 0.135 e. The fourth-order valence-corrected chi connectivity index (χ4v) is 11.1. The van der Waals surface area contributed by atoms with Gasteiger partial charge in [-0.2, -0.15) is 0 Å². The molecule has 0 fully saturated rings. The maximum absolute atomic E-state index is 6.09. The van der Waals surface area contributed by atoms with E-state index in [0.717, 1.165) is 54.3 Å². The molecule has 4 nitrogen and oxygen atoms in total. The largest absolute Gasteiger partial charge is 0.456 e. The van der Waals surface area contributed by atoms with Crippen molar-refractivity contribution in [2.45, 2.75) is 0 Å². The molecule has 15 rings (SSSR count). The van der Waals surface area contributed by atoms with Gasteiger partial charge in [0.1, 0.15) is 22.3 Å². The summed E-state index contributed by atoms with van der Waals surface area (Å²) in [6, 6.07) is 88.7. The van der Waals surface area contributed by atoms with Crippen molar-refractivity contribution < 1.29 is 8.83 Å². The number of furan rings is 2. The van der Waals surface area contributed by atoms with Gasteiger partial charge in [0.2, 0.25) is 0 Å². The molecule has 0 bridgehead atoms. The fourth-order valence-electron chi connectivity index (χ4n) is 10.7. The second kappa shape index (κ2) is 16.7. The highest BCUT2D eigenvalue weighted by atomic mass is 79.9. The Hall–Kier alpha value is -8.90. The molecule has 0 radical (unpaired) electrons. The Morgan fingerprint density at radius 3 is 1.14 bits per heavy atom. The van der Waals surface area contributed by atoms with Gasteiger partial charge < -0.3 is 18.0 Å². The van der Waals surface area contributed by atoms with Crippen molar-refractivity contribution >= 4 is 103 Å². The molecule has 5 heteroatoms. The maximum atomic E-state index is 6.09. The second-order valence-electron chi connectivity index (χ2n) is 18.2. The van der Waals surface area contributed by atoms with Gasteiger partial charge in [0.05, 0.1) is 22.1 Å². The van der Waals surface area contributed by atoms with Crippen LogP contribution < -0.4 is 0 Å². The molecular weight excluding hydrogens is 933 g/mol. The molecule has 11 aromatic carbocycles. The molecule has 71 heavy (non-hydrogen) atoms. The zero-order valence-electron chi connectivity index (χ0n) is 38.3. The fraction of sp³-hybridized carbons (Fsp3) is 0. The number of benzene rings is 11. The lowest BCUT2D eigenvalue weighted by Gasteiger charge is -2.11. The highest BCUT2D eigenvalue weighted by molar-refractivity contribution is 9.10. The van der Waals surface area contributed by atoms with Crippen LogP contribution in [0.1, 0.15) is 0 Å². The summed E-state index contributed by atoms with van der Waals surface area (Å²) in [5.74, 6) is 0. The Bertz CT molecular complexity index is 4520. The third-order valence-corrected chi connectivity index (χ3v) is 14.6. The lowest BCUT2D eigenvalue weighted by Crippen LogP contribution is -1.94. The first-order valence-corrected chi connectivity index (χ1v) is 24.7. The van der Waals surface area contributed by atoms with Gasteiger partial charge in [0, 0.05) is 58.9 Å². The van der Waals surface area contributed by atoms with E-state index in [1.54, 1.807) is 0 Å². The molecule has 15 aromatic rings. The monoisotopic (exact) mass is 972 g/mol. The zero-order valence-corrected chi connectivity index (χ0v) is 39.8. The number of hydrogen-bond donors (Lipinski definition) is 0. The molecule has 0 unspecified atom stereocenters. The van der Waals surface area contributed by atoms with E-state index in [-0.39, 0.29) is 0 Å². The van der Waals surface area contributed by atoms with Crippen molar-refractivity contribution in [1.82, 2.24) is 9.13 Å². The van der Waals surface area contributed by atoms with Crippen LogP contribution in [0.2, 0.25) is 0 Å². The van der Waals surface area contributed by atoms with Crippen LogP contribution in [0.3, 0.4) is 0 Å². The summed E-state index contributed by atoms with van der Waals surface area (Å²) in [5.41, 5.74) is 18.0. The molecule has 0 aliphatic rings. The molecule has 4 aromatic heterocycles. The predicted molar refractivity (Wildman–Crippen MR) is 300 cm³/mol. The van der Waals surface area contributed by atoms with Gasteiger partial charge >= 0.3 is 0 Å². The van der Waals surface area contributed by atoms with Crippen molar-refractivity contribution in [1.29, 1.82) is 0 Å². The average molecular weight is 974 g/mol. The Kier molecular flexibility index (Phi) is 9.64. The van der Waals surface area contributed by atoms with Crippen LogP contribution in [0.5, 0.6) is 0 Å². The highest BCUT2D eigenvalue weighted by Gasteiger charge is 2.17. The summed E-state index contributed by atoms with van der Waals surface area (Å²) < 4.78 is 17.6. The van der Waals surface area contributed by atoms with Gasteiger partial charge in [-0.1, -0.05) is 162 Å². The first-order valence-electron chi connectivity index (χ1n) is 23.9. The van der Waals surface area contributed by atoms with E-state index in [9.17, 15) is 0 Å². The SMILES string of the molecule is Brc1ccc2oc3ccccc3c2c1.c1ccc(-c2ccc(-n3c4ccccc4c4cc(-c5ccc6c(c5)c5ccccc5n6-c5ccc(-c6ccc7oc8ccccc8c7c6)cc5)ccc43)cc2)cc1. The van der Waals surface area contributed by atoms with Crippen molar-refractivity contribution in [3.8, 4) is 44.8 Å². The third-order valence-electron chi connectivity index (χ3n) is 14.1. The number of aromatic nitrogens is 2. The zero-order chi connectivity index (χ0) is 47.0. The summed E-state index contributed by atoms with van der Waals surface area (Å²) in [4.78, 5) is 0. The molecule has 334 valence electrons. The van der Waals surface area contributed by atoms with E-state index in [2.05, 4.69) is 231 Å². The molecule has 4 heterocycles. The van der Waals surface area contributed by atoms with Crippen LogP contribution in [0.4, 0.5) is 0 Å². The summed E-state index contributed by atoms with van der Waals surface area (Å²) in [5, 5.41) is 9.60. The first-order chi connectivity index (χ1) is 35.1. The number of fused-ring (bicyclic) bond motifs is 12. The minimum atomic E-state index is 0.915. The normalized spacial score (nSPS) is 11.7. The smallest absolute Gasteiger partial charge is 0.135 e. The van der Waals surface area contributed by atoms with E-state index < -0.39 is 0 Å². The van der Waals surface area contributed by atoms with Gasteiger partial charge in [-0.15, -0.1) is 0 Å². The summed E-state index contributed by atoms with van der Waals surface area (Å²) in [6.45, 7) is 0. The van der Waals surface area contributed by atoms with E-state index in [1.807, 2.05) is 42.5 Å². The first kappa shape index (κ1) is 41.1. The molecule has 0 atom stereocenters. The molecule has 0 saturated heterocycles. The number of nitrogens with zero attached hydrogens (tertiary/aromatic N) is 2. The molecule has 0 saturated carbocycles. The van der Waals surface area contributed by atoms with Crippen molar-refractivity contribution in [2.75, 3.05) is 0 Å². The van der Waals surface area contributed by atoms with E-state index in [4.69, 9.17) is 8.83 Å². The summed E-state index contributed by atoms with van der Waals surface area (Å²) in [6.07, 6.45) is 0. The van der Waals surface area contributed by atoms with Crippen LogP contribution in [-0.2, 0) is 0 Å². The quantitative estimate of drug-likeness (QED) is 0.172. The molecule has 0 N–H and O–H groups in total. The lowest BCUT2D eigenvalue weighted by molar-refractivity contribution is 0.668. The molecule has 0 spiro atoms. The Morgan fingerprint density at radius 2 is 0.592 bits per heavy atom. The summed E-state index contributed by atoms with van der Waals surface area (Å²) >= 11 is 3.46. The van der Waals surface area contributed by atoms with Crippen LogP contribution in [-0.4, -0.2) is 9.13 Å². The van der Waals surface area contributed by atoms with E-state index in [0.29, 0.717) is 0 Å². The molecule has 0 aliphatic carbocycles. The van der Waals surface area contributed by atoms with Crippen molar-refractivity contribution in [3.63, 3.8) is 0 Å². The molecule has 0 amide bonds. The van der Waals surface area contributed by atoms with Crippen molar-refractivity contribution in [3.05, 3.63) is 253 Å². The van der Waals surface area contributed by atoms with E-state index >= 15 is 0 Å². The Morgan fingerprint density at radius 1 is 0.239 bits per heavy atom. The van der Waals surface area contributed by atoms with Crippen LogP contribution in [0.25, 0.3) is 132 Å². The highest BCUT2D eigenvalue weighted by Crippen LogP contribution is 2.40. The number of halogens is 1. The van der Waals surface area contributed by atoms with Gasteiger partial charge in [-0.3, -0.25) is 0 Å². The van der Waals surface area contributed by atoms with Crippen LogP contribution in [0.15, 0.2) is 262 Å². The van der Waals surface area contributed by atoms with Crippen LogP contribution in [0, 0.1) is 0 Å². The van der Waals surface area contributed by atoms with Gasteiger partial charge in [-0.05, 0) is 137 Å². The van der Waals surface area contributed by atoms with E-state index in [1.165, 1.54) is 82.4 Å². The minimum Gasteiger partial charge on any atom is -0.456 e. The molecular formula is C66H41BrN2O2. The summed E-state index contributed by atoms with van der Waals surface area (Å²) in [7, 11) is 0. The van der Waals surface area contributed by atoms with Gasteiger partial charge in [0.25, 0.3) is 0 Å². The minimum absolute atomic E-state index is 0.915. The number of para-hydroxylation sites is 4. The van der Waals surface area contributed by atoms with Gasteiger partial charge in [-0.25, -0.2) is 0 Å². The lowest BCUT2D eigenvalue weighted by atomic mass is 10.0.